The fourth-order valence-corrected chi connectivity index (χ4v) is 11.1. The van der Waals surface area contributed by atoms with Crippen LogP contribution in [-0.4, -0.2) is 4.57 Å². The predicted molar refractivity (Wildman–Crippen MR) is 257 cm³/mol. The number of benzene rings is 9. The third-order valence-electron chi connectivity index (χ3n) is 12.8. The average Bonchev–Trinajstić information content (AvgIpc) is 3.93. The van der Waals surface area contributed by atoms with Crippen molar-refractivity contribution in [2.75, 3.05) is 4.90 Å². The van der Waals surface area contributed by atoms with E-state index in [0.29, 0.717) is 0 Å². The van der Waals surface area contributed by atoms with E-state index in [4.69, 9.17) is 0 Å². The van der Waals surface area contributed by atoms with Crippen LogP contribution >= 0.6 is 11.3 Å². The molecule has 1 aliphatic carbocycles. The smallest absolute Gasteiger partial charge is 0.0634 e. The van der Waals surface area contributed by atoms with Gasteiger partial charge in [0, 0.05) is 64.7 Å². The van der Waals surface area contributed by atoms with Crippen molar-refractivity contribution in [3.8, 4) is 39.1 Å². The van der Waals surface area contributed by atoms with E-state index in [-0.39, 0.29) is 5.41 Å². The van der Waals surface area contributed by atoms with E-state index >= 15 is 0 Å². The van der Waals surface area contributed by atoms with Gasteiger partial charge < -0.3 is 9.47 Å². The van der Waals surface area contributed by atoms with Crippen LogP contribution in [0.4, 0.5) is 17.1 Å². The maximum atomic E-state index is 2.47. The SMILES string of the molecule is CC1(C)c2ccccc2-c2ccc(N(c3ccc(-c4ccccc4)cc3)c3ccc(-c4cc5c6ccccc6n(-c6ccccc6)c5c5c4sc4ccccc45)cc3)cc21. The number of aromatic nitrogens is 1. The summed E-state index contributed by atoms with van der Waals surface area (Å²) in [6.07, 6.45) is 0. The number of thiophene rings is 1. The van der Waals surface area contributed by atoms with Crippen molar-refractivity contribution < 1.29 is 0 Å². The average molecular weight is 785 g/mol. The van der Waals surface area contributed by atoms with Gasteiger partial charge in [0.05, 0.1) is 11.0 Å². The standard InChI is InChI=1S/C57H40N2S/c1-57(2)50-22-12-9-19-44(50)45-34-33-43(35-51(45)57)58(41-29-25-38(26-30-41)37-15-5-3-6-16-37)42-31-27-39(28-32-42)48-36-49-46-20-10-13-23-52(46)59(40-17-7-4-8-18-40)55(49)54-47-21-11-14-24-53(47)60-56(48)54/h3-36H,1-2H3. The van der Waals surface area contributed by atoms with Crippen molar-refractivity contribution in [1.29, 1.82) is 0 Å². The van der Waals surface area contributed by atoms with Crippen molar-refractivity contribution >= 4 is 70.4 Å². The van der Waals surface area contributed by atoms with Gasteiger partial charge in [-0.1, -0.05) is 153 Å². The fraction of sp³-hybridized carbons (Fsp3) is 0.0526. The van der Waals surface area contributed by atoms with E-state index in [1.165, 1.54) is 92.2 Å². The maximum Gasteiger partial charge on any atom is 0.0634 e. The zero-order chi connectivity index (χ0) is 40.0. The first-order valence-electron chi connectivity index (χ1n) is 20.8. The van der Waals surface area contributed by atoms with E-state index in [1.54, 1.807) is 0 Å². The van der Waals surface area contributed by atoms with Crippen molar-refractivity contribution in [2.24, 2.45) is 0 Å². The molecule has 0 fully saturated rings. The molecule has 2 aromatic heterocycles. The first kappa shape index (κ1) is 34.8. The summed E-state index contributed by atoms with van der Waals surface area (Å²) in [7, 11) is 0. The molecule has 0 atom stereocenters. The Morgan fingerprint density at radius 2 is 1.02 bits per heavy atom. The summed E-state index contributed by atoms with van der Waals surface area (Å²) in [5.41, 5.74) is 17.2. The molecular formula is C57H40N2S. The van der Waals surface area contributed by atoms with E-state index in [2.05, 4.69) is 230 Å². The molecule has 0 unspecified atom stereocenters. The Hall–Kier alpha value is -7.20. The quantitative estimate of drug-likeness (QED) is 0.163. The van der Waals surface area contributed by atoms with Gasteiger partial charge in [-0.15, -0.1) is 11.3 Å². The number of hydrogen-bond donors (Lipinski definition) is 0. The van der Waals surface area contributed by atoms with Crippen LogP contribution in [0.3, 0.4) is 0 Å². The van der Waals surface area contributed by atoms with E-state index < -0.39 is 0 Å². The highest BCUT2D eigenvalue weighted by molar-refractivity contribution is 7.26. The maximum absolute atomic E-state index is 2.47. The summed E-state index contributed by atoms with van der Waals surface area (Å²) in [4.78, 5) is 2.42. The van der Waals surface area contributed by atoms with E-state index in [9.17, 15) is 0 Å². The van der Waals surface area contributed by atoms with Crippen LogP contribution in [0.2, 0.25) is 0 Å². The Kier molecular flexibility index (Phi) is 7.79. The number of hydrogen-bond acceptors (Lipinski definition) is 2. The number of fused-ring (bicyclic) bond motifs is 10. The van der Waals surface area contributed by atoms with Gasteiger partial charge in [0.15, 0.2) is 0 Å². The summed E-state index contributed by atoms with van der Waals surface area (Å²) in [5, 5.41) is 5.14. The van der Waals surface area contributed by atoms with Crippen LogP contribution in [-0.2, 0) is 5.41 Å². The van der Waals surface area contributed by atoms with Gasteiger partial charge in [-0.25, -0.2) is 0 Å². The van der Waals surface area contributed by atoms with Gasteiger partial charge in [-0.2, -0.15) is 0 Å². The third-order valence-corrected chi connectivity index (χ3v) is 14.0. The Morgan fingerprint density at radius 3 is 1.78 bits per heavy atom. The molecule has 0 amide bonds. The Morgan fingerprint density at radius 1 is 0.433 bits per heavy atom. The first-order chi connectivity index (χ1) is 29.5. The zero-order valence-corrected chi connectivity index (χ0v) is 34.2. The Bertz CT molecular complexity index is 3430. The van der Waals surface area contributed by atoms with Crippen molar-refractivity contribution in [3.63, 3.8) is 0 Å². The van der Waals surface area contributed by atoms with Gasteiger partial charge in [-0.05, 0) is 106 Å². The summed E-state index contributed by atoms with van der Waals surface area (Å²) in [6.45, 7) is 4.72. The monoisotopic (exact) mass is 784 g/mol. The van der Waals surface area contributed by atoms with Gasteiger partial charge in [-0.3, -0.25) is 0 Å². The lowest BCUT2D eigenvalue weighted by Crippen LogP contribution is -2.16. The summed E-state index contributed by atoms with van der Waals surface area (Å²) in [6, 6.07) is 75.9. The minimum absolute atomic E-state index is 0.105. The molecule has 9 aromatic carbocycles. The molecule has 0 N–H and O–H groups in total. The van der Waals surface area contributed by atoms with Crippen LogP contribution in [0, 0.1) is 0 Å². The molecule has 0 spiro atoms. The van der Waals surface area contributed by atoms with E-state index in [0.717, 1.165) is 17.1 Å². The van der Waals surface area contributed by atoms with Crippen LogP contribution in [0.25, 0.3) is 81.0 Å². The topological polar surface area (TPSA) is 8.17 Å². The van der Waals surface area contributed by atoms with Gasteiger partial charge in [0.1, 0.15) is 0 Å². The molecule has 2 heterocycles. The lowest BCUT2D eigenvalue weighted by Gasteiger charge is -2.28. The van der Waals surface area contributed by atoms with Crippen LogP contribution in [0.1, 0.15) is 25.0 Å². The molecule has 60 heavy (non-hydrogen) atoms. The summed E-state index contributed by atoms with van der Waals surface area (Å²) >= 11 is 1.90. The lowest BCUT2D eigenvalue weighted by molar-refractivity contribution is 0.660. The zero-order valence-electron chi connectivity index (χ0n) is 33.4. The van der Waals surface area contributed by atoms with Gasteiger partial charge in [0.2, 0.25) is 0 Å². The second kappa shape index (κ2) is 13.4. The van der Waals surface area contributed by atoms with Crippen LogP contribution < -0.4 is 4.90 Å². The second-order valence-corrected chi connectivity index (χ2v) is 17.6. The molecule has 0 bridgehead atoms. The fourth-order valence-electron chi connectivity index (χ4n) is 9.90. The van der Waals surface area contributed by atoms with Crippen molar-refractivity contribution in [2.45, 2.75) is 19.3 Å². The normalized spacial score (nSPS) is 13.0. The number of rotatable bonds is 6. The van der Waals surface area contributed by atoms with Crippen molar-refractivity contribution in [3.05, 3.63) is 217 Å². The molecule has 0 aliphatic heterocycles. The second-order valence-electron chi connectivity index (χ2n) is 16.5. The highest BCUT2D eigenvalue weighted by Gasteiger charge is 2.35. The molecule has 3 heteroatoms. The molecule has 12 rings (SSSR count). The number of anilines is 3. The number of para-hydroxylation sites is 2. The van der Waals surface area contributed by atoms with Crippen LogP contribution in [0.5, 0.6) is 0 Å². The molecule has 0 saturated heterocycles. The van der Waals surface area contributed by atoms with Crippen molar-refractivity contribution in [1.82, 2.24) is 4.57 Å². The molecule has 1 aliphatic rings. The molecule has 11 aromatic rings. The summed E-state index contributed by atoms with van der Waals surface area (Å²) in [5.74, 6) is 0. The minimum Gasteiger partial charge on any atom is -0.310 e. The Labute approximate surface area is 353 Å². The molecular weight excluding hydrogens is 745 g/mol. The minimum atomic E-state index is -0.105. The van der Waals surface area contributed by atoms with E-state index in [1.807, 2.05) is 11.3 Å². The van der Waals surface area contributed by atoms with Gasteiger partial charge in [0.25, 0.3) is 0 Å². The molecule has 0 radical (unpaired) electrons. The summed E-state index contributed by atoms with van der Waals surface area (Å²) < 4.78 is 5.08. The predicted octanol–water partition coefficient (Wildman–Crippen LogP) is 16.3. The molecule has 0 saturated carbocycles. The molecule has 284 valence electrons. The highest BCUT2D eigenvalue weighted by Crippen LogP contribution is 2.51. The first-order valence-corrected chi connectivity index (χ1v) is 21.6. The third kappa shape index (κ3) is 5.26. The largest absolute Gasteiger partial charge is 0.310 e. The highest BCUT2D eigenvalue weighted by atomic mass is 32.1. The molecule has 2 nitrogen and oxygen atoms in total. The lowest BCUT2D eigenvalue weighted by atomic mass is 9.82. The van der Waals surface area contributed by atoms with Crippen LogP contribution in [0.15, 0.2) is 206 Å². The number of nitrogens with zero attached hydrogens (tertiary/aromatic N) is 2. The Balaban J connectivity index is 1.04. The van der Waals surface area contributed by atoms with Gasteiger partial charge >= 0.3 is 0 Å².